The number of rotatable bonds is 5. The first-order chi connectivity index (χ1) is 8.97. The Morgan fingerprint density at radius 3 is 2.11 bits per heavy atom. The van der Waals surface area contributed by atoms with Gasteiger partial charge in [-0.1, -0.05) is 12.8 Å². The molecule has 112 valence electrons. The zero-order chi connectivity index (χ0) is 13.9. The molecule has 0 aromatic rings. The van der Waals surface area contributed by atoms with Crippen molar-refractivity contribution in [3.63, 3.8) is 0 Å². The molecule has 0 bridgehead atoms. The van der Waals surface area contributed by atoms with E-state index in [4.69, 9.17) is 21.2 Å². The van der Waals surface area contributed by atoms with Crippen LogP contribution in [0.1, 0.15) is 19.3 Å². The van der Waals surface area contributed by atoms with Crippen molar-refractivity contribution in [3.8, 4) is 0 Å². The first kappa shape index (κ1) is 16.0. The fourth-order valence-corrected chi connectivity index (χ4v) is 17.3. The summed E-state index contributed by atoms with van der Waals surface area (Å²) in [6.07, 6.45) is 4.09. The van der Waals surface area contributed by atoms with E-state index >= 15 is 0 Å². The second-order valence-electron chi connectivity index (χ2n) is 5.55. The highest BCUT2D eigenvalue weighted by Crippen LogP contribution is 2.24. The summed E-state index contributed by atoms with van der Waals surface area (Å²) in [6.45, 7) is 9.39. The minimum Gasteiger partial charge on any atom is -0.420 e. The first-order valence-electron chi connectivity index (χ1n) is 7.25. The molecule has 19 heavy (non-hydrogen) atoms. The third-order valence-corrected chi connectivity index (χ3v) is 17.4. The Hall–Kier alpha value is 0.668. The maximum Gasteiger partial charge on any atom is 0.316 e. The van der Waals surface area contributed by atoms with Crippen LogP contribution in [0.15, 0.2) is 0 Å². The highest BCUT2D eigenvalue weighted by atomic mass is 28.5. The van der Waals surface area contributed by atoms with Gasteiger partial charge in [-0.2, -0.15) is 0 Å². The molecule has 0 radical (unpaired) electrons. The minimum absolute atomic E-state index is 0.536. The van der Waals surface area contributed by atoms with Crippen LogP contribution in [-0.4, -0.2) is 49.1 Å². The summed E-state index contributed by atoms with van der Waals surface area (Å²) in [7, 11) is -6.71. The number of hydrogen-bond donors (Lipinski definition) is 0. The number of ether oxygens (including phenoxy) is 1. The predicted molar refractivity (Wildman–Crippen MR) is 83.4 cm³/mol. The van der Waals surface area contributed by atoms with Crippen LogP contribution in [0.5, 0.6) is 0 Å². The van der Waals surface area contributed by atoms with Gasteiger partial charge in [0.2, 0.25) is 0 Å². The van der Waals surface area contributed by atoms with Gasteiger partial charge in [0.05, 0.1) is 12.7 Å². The van der Waals surface area contributed by atoms with Gasteiger partial charge >= 0.3 is 8.56 Å². The molecule has 3 atom stereocenters. The highest BCUT2D eigenvalue weighted by molar-refractivity contribution is 6.81. The van der Waals surface area contributed by atoms with Crippen LogP contribution >= 0.6 is 0 Å². The Morgan fingerprint density at radius 2 is 1.58 bits per heavy atom. The summed E-state index contributed by atoms with van der Waals surface area (Å²) in [6, 6.07) is 1.05. The van der Waals surface area contributed by atoms with Gasteiger partial charge in [-0.05, 0) is 38.7 Å². The summed E-state index contributed by atoms with van der Waals surface area (Å²) in [4.78, 5) is 0. The molecule has 0 N–H and O–H groups in total. The fourth-order valence-electron chi connectivity index (χ4n) is 2.53. The second kappa shape index (κ2) is 7.09. The van der Waals surface area contributed by atoms with E-state index in [-0.39, 0.29) is 0 Å². The first-order valence-corrected chi connectivity index (χ1v) is 16.1. The van der Waals surface area contributed by atoms with Gasteiger partial charge in [-0.3, -0.25) is 0 Å². The summed E-state index contributed by atoms with van der Waals surface area (Å²) in [5.74, 6) is 0. The monoisotopic (exact) mass is 338 g/mol. The fraction of sp³-hybridized carbons (Fsp3) is 1.00. The molecular weight excluding hydrogens is 312 g/mol. The lowest BCUT2D eigenvalue weighted by atomic mass is 10.2. The summed E-state index contributed by atoms with van der Waals surface area (Å²) in [5, 5.41) is 0. The van der Waals surface area contributed by atoms with E-state index in [1.165, 1.54) is 12.8 Å². The molecule has 0 aromatic carbocycles. The molecule has 2 aliphatic heterocycles. The molecule has 0 spiro atoms. The van der Waals surface area contributed by atoms with Crippen molar-refractivity contribution < 1.29 is 21.2 Å². The Morgan fingerprint density at radius 1 is 1.00 bits per heavy atom. The molecule has 2 saturated heterocycles. The molecular formula is C10H26O5Si4. The van der Waals surface area contributed by atoms with E-state index in [1.54, 1.807) is 0 Å². The minimum atomic E-state index is -2.07. The third-order valence-electron chi connectivity index (χ3n) is 3.41. The molecule has 9 heteroatoms. The van der Waals surface area contributed by atoms with E-state index < -0.39 is 36.4 Å². The van der Waals surface area contributed by atoms with Gasteiger partial charge in [-0.25, -0.2) is 0 Å². The topological polar surface area (TPSA) is 49.5 Å². The molecule has 2 aliphatic rings. The number of hydrogen-bond acceptors (Lipinski definition) is 5. The second-order valence-corrected chi connectivity index (χ2v) is 15.8. The highest BCUT2D eigenvalue weighted by Gasteiger charge is 2.39. The van der Waals surface area contributed by atoms with Crippen molar-refractivity contribution in [2.24, 2.45) is 0 Å². The Bertz CT molecular complexity index is 277. The predicted octanol–water partition coefficient (Wildman–Crippen LogP) is 1.26. The van der Waals surface area contributed by atoms with Crippen LogP contribution < -0.4 is 0 Å². The molecule has 3 unspecified atom stereocenters. The average Bonchev–Trinajstić information content (AvgIpc) is 3.05. The molecule has 0 amide bonds. The third kappa shape index (κ3) is 5.89. The van der Waals surface area contributed by atoms with Crippen molar-refractivity contribution in [2.75, 3.05) is 6.61 Å². The summed E-state index contributed by atoms with van der Waals surface area (Å²) in [5.41, 5.74) is 0. The van der Waals surface area contributed by atoms with Gasteiger partial charge in [-0.15, -0.1) is 0 Å². The molecule has 5 nitrogen and oxygen atoms in total. The van der Waals surface area contributed by atoms with Crippen LogP contribution in [0.4, 0.5) is 0 Å². The normalized spacial score (nSPS) is 43.6. The van der Waals surface area contributed by atoms with Crippen LogP contribution in [0.2, 0.25) is 32.2 Å². The van der Waals surface area contributed by atoms with E-state index in [9.17, 15) is 0 Å². The van der Waals surface area contributed by atoms with Gasteiger partial charge in [0.1, 0.15) is 0 Å². The van der Waals surface area contributed by atoms with Gasteiger partial charge in [0.15, 0.2) is 0 Å². The summed E-state index contributed by atoms with van der Waals surface area (Å²) >= 11 is 0. The lowest BCUT2D eigenvalue weighted by Crippen LogP contribution is -2.52. The Labute approximate surface area is 122 Å². The zero-order valence-corrected chi connectivity index (χ0v) is 16.9. The molecule has 2 rings (SSSR count). The van der Waals surface area contributed by atoms with Crippen LogP contribution in [0.3, 0.4) is 0 Å². The lowest BCUT2D eigenvalue weighted by molar-refractivity contribution is 0.273. The van der Waals surface area contributed by atoms with Gasteiger partial charge in [0, 0.05) is 0 Å². The summed E-state index contributed by atoms with van der Waals surface area (Å²) < 4.78 is 29.5. The smallest absolute Gasteiger partial charge is 0.316 e. The molecule has 2 fully saturated rings. The molecule has 0 saturated carbocycles. The zero-order valence-electron chi connectivity index (χ0n) is 12.4. The van der Waals surface area contributed by atoms with E-state index in [0.717, 1.165) is 19.1 Å². The standard InChI is InChI=1S/C10H26O5Si4/c1-16-12-17(2)14-19(4,15-18(3)13-16)8-6-5-7-10-9-11-10/h10,16-18H,5-9H2,1-4H3. The molecule has 0 aromatic heterocycles. The quantitative estimate of drug-likeness (QED) is 0.429. The molecule has 0 aliphatic carbocycles. The van der Waals surface area contributed by atoms with Crippen molar-refractivity contribution in [1.82, 2.24) is 0 Å². The SMILES string of the molecule is C[SiH]1O[SiH](C)O[Si](C)(CCCCC2CO2)O[SiH](C)O1. The van der Waals surface area contributed by atoms with E-state index in [0.29, 0.717) is 6.10 Å². The maximum absolute atomic E-state index is 6.23. The average molecular weight is 339 g/mol. The maximum atomic E-state index is 6.23. The van der Waals surface area contributed by atoms with Gasteiger partial charge in [0.25, 0.3) is 27.9 Å². The number of epoxide rings is 1. The van der Waals surface area contributed by atoms with Crippen molar-refractivity contribution in [1.29, 1.82) is 0 Å². The van der Waals surface area contributed by atoms with E-state index in [1.807, 2.05) is 0 Å². The van der Waals surface area contributed by atoms with E-state index in [2.05, 4.69) is 26.2 Å². The molecule has 2 heterocycles. The van der Waals surface area contributed by atoms with Crippen LogP contribution in [0, 0.1) is 0 Å². The van der Waals surface area contributed by atoms with Crippen LogP contribution in [-0.2, 0) is 21.2 Å². The van der Waals surface area contributed by atoms with Crippen molar-refractivity contribution in [3.05, 3.63) is 0 Å². The Balaban J connectivity index is 1.79. The van der Waals surface area contributed by atoms with Crippen molar-refractivity contribution in [2.45, 2.75) is 57.6 Å². The number of unbranched alkanes of at least 4 members (excludes halogenated alkanes) is 1. The van der Waals surface area contributed by atoms with Crippen molar-refractivity contribution >= 4 is 36.4 Å². The van der Waals surface area contributed by atoms with Crippen LogP contribution in [0.25, 0.3) is 0 Å². The van der Waals surface area contributed by atoms with Gasteiger partial charge < -0.3 is 21.2 Å². The lowest BCUT2D eigenvalue weighted by Gasteiger charge is -2.37. The largest absolute Gasteiger partial charge is 0.420 e. The Kier molecular flexibility index (Phi) is 5.99.